The summed E-state index contributed by atoms with van der Waals surface area (Å²) < 4.78 is 50.4. The number of hydrogen-bond acceptors (Lipinski definition) is 6. The zero-order chi connectivity index (χ0) is 23.4. The Morgan fingerprint density at radius 1 is 1.16 bits per heavy atom. The monoisotopic (exact) mass is 451 g/mol. The SMILES string of the molecule is CCc1ccc(-c2noc(CCC(=O)NCCC(O)(c3ccc(C)o3)C(F)(F)F)n2)cc1. The Kier molecular flexibility index (Phi) is 7.02. The van der Waals surface area contributed by atoms with Crippen molar-refractivity contribution >= 4 is 5.91 Å². The van der Waals surface area contributed by atoms with E-state index < -0.39 is 36.4 Å². The number of aryl methyl sites for hydroxylation is 3. The second-order valence-corrected chi connectivity index (χ2v) is 7.43. The number of carbonyl (C=O) groups excluding carboxylic acids is 1. The van der Waals surface area contributed by atoms with Gasteiger partial charge < -0.3 is 19.4 Å². The van der Waals surface area contributed by atoms with Crippen molar-refractivity contribution in [1.29, 1.82) is 0 Å². The summed E-state index contributed by atoms with van der Waals surface area (Å²) in [5.74, 6) is -0.231. The molecule has 0 radical (unpaired) electrons. The van der Waals surface area contributed by atoms with Gasteiger partial charge in [-0.2, -0.15) is 18.2 Å². The number of halogens is 3. The van der Waals surface area contributed by atoms with Gasteiger partial charge in [-0.1, -0.05) is 36.3 Å². The number of aliphatic hydroxyl groups is 1. The smallest absolute Gasteiger partial charge is 0.424 e. The van der Waals surface area contributed by atoms with Crippen LogP contribution in [-0.2, 0) is 23.2 Å². The Hall–Kier alpha value is -3.14. The van der Waals surface area contributed by atoms with Crippen LogP contribution in [0.5, 0.6) is 0 Å². The van der Waals surface area contributed by atoms with E-state index in [4.69, 9.17) is 8.94 Å². The third kappa shape index (κ3) is 5.37. The van der Waals surface area contributed by atoms with Gasteiger partial charge in [0.15, 0.2) is 0 Å². The summed E-state index contributed by atoms with van der Waals surface area (Å²) in [6.45, 7) is 3.13. The highest BCUT2D eigenvalue weighted by molar-refractivity contribution is 5.76. The number of aromatic nitrogens is 2. The first kappa shape index (κ1) is 23.5. The lowest BCUT2D eigenvalue weighted by molar-refractivity contribution is -0.274. The van der Waals surface area contributed by atoms with Crippen molar-refractivity contribution in [3.63, 3.8) is 0 Å². The van der Waals surface area contributed by atoms with E-state index >= 15 is 0 Å². The first-order valence-corrected chi connectivity index (χ1v) is 10.2. The van der Waals surface area contributed by atoms with Crippen LogP contribution >= 0.6 is 0 Å². The average Bonchev–Trinajstić information content (AvgIpc) is 3.41. The van der Waals surface area contributed by atoms with Crippen LogP contribution in [0.2, 0.25) is 0 Å². The molecule has 2 N–H and O–H groups in total. The molecule has 0 saturated carbocycles. The molecule has 3 aromatic rings. The van der Waals surface area contributed by atoms with Crippen LogP contribution < -0.4 is 5.32 Å². The maximum absolute atomic E-state index is 13.4. The van der Waals surface area contributed by atoms with Crippen LogP contribution in [0, 0.1) is 6.92 Å². The third-order valence-corrected chi connectivity index (χ3v) is 5.08. The molecule has 0 aliphatic rings. The minimum atomic E-state index is -4.96. The van der Waals surface area contributed by atoms with E-state index in [-0.39, 0.29) is 24.5 Å². The number of amides is 1. The summed E-state index contributed by atoms with van der Waals surface area (Å²) in [6, 6.07) is 10.1. The fraction of sp³-hybridized carbons (Fsp3) is 0.409. The zero-order valence-corrected chi connectivity index (χ0v) is 17.7. The lowest BCUT2D eigenvalue weighted by Gasteiger charge is -2.28. The largest absolute Gasteiger partial charge is 0.463 e. The second-order valence-electron chi connectivity index (χ2n) is 7.43. The maximum atomic E-state index is 13.4. The summed E-state index contributed by atoms with van der Waals surface area (Å²) in [4.78, 5) is 16.3. The highest BCUT2D eigenvalue weighted by Gasteiger charge is 2.56. The van der Waals surface area contributed by atoms with E-state index in [1.54, 1.807) is 0 Å². The van der Waals surface area contributed by atoms with Crippen LogP contribution in [0.3, 0.4) is 0 Å². The highest BCUT2D eigenvalue weighted by atomic mass is 19.4. The molecule has 7 nitrogen and oxygen atoms in total. The van der Waals surface area contributed by atoms with E-state index in [2.05, 4.69) is 15.5 Å². The van der Waals surface area contributed by atoms with Gasteiger partial charge in [-0.3, -0.25) is 4.79 Å². The van der Waals surface area contributed by atoms with E-state index in [0.717, 1.165) is 18.1 Å². The number of rotatable bonds is 9. The molecule has 0 aliphatic carbocycles. The molecule has 0 spiro atoms. The van der Waals surface area contributed by atoms with Gasteiger partial charge >= 0.3 is 6.18 Å². The molecule has 32 heavy (non-hydrogen) atoms. The first-order valence-electron chi connectivity index (χ1n) is 10.2. The minimum Gasteiger partial charge on any atom is -0.463 e. The first-order chi connectivity index (χ1) is 15.1. The van der Waals surface area contributed by atoms with Gasteiger partial charge in [0, 0.05) is 31.4 Å². The molecule has 0 aliphatic heterocycles. The summed E-state index contributed by atoms with van der Waals surface area (Å²) >= 11 is 0. The standard InChI is InChI=1S/C22H24F3N3O4/c1-3-15-5-7-16(8-6-15)20-27-19(32-28-20)11-10-18(29)26-13-12-21(30,22(23,24)25)17-9-4-14(2)31-17/h4-9,30H,3,10-13H2,1-2H3,(H,26,29). The molecule has 0 bridgehead atoms. The minimum absolute atomic E-state index is 0.0548. The van der Waals surface area contributed by atoms with Gasteiger partial charge in [-0.25, -0.2) is 0 Å². The summed E-state index contributed by atoms with van der Waals surface area (Å²) in [6.07, 6.45) is -4.76. The van der Waals surface area contributed by atoms with Gasteiger partial charge in [0.25, 0.3) is 0 Å². The average molecular weight is 451 g/mol. The van der Waals surface area contributed by atoms with Crippen LogP contribution in [0.15, 0.2) is 45.3 Å². The number of furan rings is 1. The van der Waals surface area contributed by atoms with Crippen molar-refractivity contribution in [2.75, 3.05) is 6.54 Å². The topological polar surface area (TPSA) is 101 Å². The molecular formula is C22H24F3N3O4. The normalized spacial score (nSPS) is 13.7. The number of alkyl halides is 3. The molecule has 172 valence electrons. The number of nitrogens with one attached hydrogen (secondary N) is 1. The molecule has 2 heterocycles. The Balaban J connectivity index is 1.51. The molecule has 2 aromatic heterocycles. The Labute approximate surface area is 182 Å². The number of hydrogen-bond donors (Lipinski definition) is 2. The van der Waals surface area contributed by atoms with Crippen LogP contribution in [0.1, 0.15) is 42.7 Å². The second kappa shape index (κ2) is 9.56. The molecule has 1 atom stereocenters. The lowest BCUT2D eigenvalue weighted by Crippen LogP contribution is -2.44. The van der Waals surface area contributed by atoms with E-state index in [1.807, 2.05) is 31.2 Å². The van der Waals surface area contributed by atoms with Gasteiger partial charge in [-0.15, -0.1) is 0 Å². The van der Waals surface area contributed by atoms with Crippen molar-refractivity contribution in [2.24, 2.45) is 0 Å². The fourth-order valence-electron chi connectivity index (χ4n) is 3.12. The van der Waals surface area contributed by atoms with Gasteiger partial charge in [0.05, 0.1) is 0 Å². The summed E-state index contributed by atoms with van der Waals surface area (Å²) in [5, 5.41) is 16.5. The lowest BCUT2D eigenvalue weighted by atomic mass is 9.95. The molecule has 3 rings (SSSR count). The quantitative estimate of drug-likeness (QED) is 0.508. The van der Waals surface area contributed by atoms with Gasteiger partial charge in [-0.05, 0) is 31.0 Å². The van der Waals surface area contributed by atoms with E-state index in [0.29, 0.717) is 5.82 Å². The summed E-state index contributed by atoms with van der Waals surface area (Å²) in [5.41, 5.74) is -1.24. The molecule has 1 aromatic carbocycles. The predicted molar refractivity (Wildman–Crippen MR) is 108 cm³/mol. The van der Waals surface area contributed by atoms with Gasteiger partial charge in [0.1, 0.15) is 11.5 Å². The Morgan fingerprint density at radius 2 is 1.88 bits per heavy atom. The molecule has 1 unspecified atom stereocenters. The van der Waals surface area contributed by atoms with Crippen molar-refractivity contribution < 1.29 is 32.0 Å². The van der Waals surface area contributed by atoms with Crippen LogP contribution in [0.25, 0.3) is 11.4 Å². The number of benzene rings is 1. The highest BCUT2D eigenvalue weighted by Crippen LogP contribution is 2.42. The van der Waals surface area contributed by atoms with Crippen molar-refractivity contribution in [3.8, 4) is 11.4 Å². The summed E-state index contributed by atoms with van der Waals surface area (Å²) in [7, 11) is 0. The molecule has 10 heteroatoms. The van der Waals surface area contributed by atoms with E-state index in [9.17, 15) is 23.1 Å². The van der Waals surface area contributed by atoms with E-state index in [1.165, 1.54) is 18.6 Å². The molecule has 1 amide bonds. The fourth-order valence-corrected chi connectivity index (χ4v) is 3.12. The predicted octanol–water partition coefficient (Wildman–Crippen LogP) is 4.09. The molecule has 0 saturated heterocycles. The Bertz CT molecular complexity index is 1040. The molecular weight excluding hydrogens is 427 g/mol. The van der Waals surface area contributed by atoms with Crippen LogP contribution in [0.4, 0.5) is 13.2 Å². The Morgan fingerprint density at radius 3 is 2.47 bits per heavy atom. The third-order valence-electron chi connectivity index (χ3n) is 5.08. The maximum Gasteiger partial charge on any atom is 0.424 e. The number of nitrogens with zero attached hydrogens (tertiary/aromatic N) is 2. The molecule has 0 fully saturated rings. The number of carbonyl (C=O) groups is 1. The van der Waals surface area contributed by atoms with Crippen molar-refractivity contribution in [3.05, 3.63) is 59.4 Å². The zero-order valence-electron chi connectivity index (χ0n) is 17.7. The van der Waals surface area contributed by atoms with Crippen molar-refractivity contribution in [1.82, 2.24) is 15.5 Å². The van der Waals surface area contributed by atoms with Gasteiger partial charge in [0.2, 0.25) is 23.2 Å². The van der Waals surface area contributed by atoms with Crippen molar-refractivity contribution in [2.45, 2.75) is 51.3 Å². The van der Waals surface area contributed by atoms with Crippen LogP contribution in [-0.4, -0.2) is 33.9 Å².